The highest BCUT2D eigenvalue weighted by Crippen LogP contribution is 2.50. The van der Waals surface area contributed by atoms with Crippen LogP contribution in [-0.2, 0) is 0 Å². The number of fused-ring (bicyclic) bond motifs is 4. The molecule has 2 aromatic carbocycles. The topological polar surface area (TPSA) is 58.9 Å². The zero-order valence-electron chi connectivity index (χ0n) is 13.8. The molecule has 0 aliphatic carbocycles. The minimum absolute atomic E-state index is 0.0516. The van der Waals surface area contributed by atoms with Crippen molar-refractivity contribution in [2.24, 2.45) is 0 Å². The lowest BCUT2D eigenvalue weighted by Gasteiger charge is -2.30. The molecule has 0 unspecified atom stereocenters. The highest BCUT2D eigenvalue weighted by molar-refractivity contribution is 5.88. The normalized spacial score (nSPS) is 16.3. The molecule has 0 amide bonds. The predicted molar refractivity (Wildman–Crippen MR) is 93.7 cm³/mol. The molecule has 4 rings (SSSR count). The van der Waals surface area contributed by atoms with Gasteiger partial charge in [0.15, 0.2) is 11.5 Å². The molecule has 4 heteroatoms. The summed E-state index contributed by atoms with van der Waals surface area (Å²) >= 11 is 0. The fourth-order valence-electron chi connectivity index (χ4n) is 3.06. The van der Waals surface area contributed by atoms with Crippen LogP contribution in [0.15, 0.2) is 24.3 Å². The van der Waals surface area contributed by atoms with Crippen molar-refractivity contribution < 1.29 is 19.7 Å². The first-order valence-corrected chi connectivity index (χ1v) is 7.83. The highest BCUT2D eigenvalue weighted by Gasteiger charge is 2.30. The molecule has 0 bridgehead atoms. The minimum Gasteiger partial charge on any atom is -0.507 e. The van der Waals surface area contributed by atoms with E-state index in [9.17, 15) is 10.2 Å². The molecule has 2 aliphatic rings. The van der Waals surface area contributed by atoms with Gasteiger partial charge in [-0.25, -0.2) is 0 Å². The third kappa shape index (κ3) is 2.07. The van der Waals surface area contributed by atoms with Crippen LogP contribution in [0.3, 0.4) is 0 Å². The first kappa shape index (κ1) is 14.7. The van der Waals surface area contributed by atoms with Crippen LogP contribution in [0.2, 0.25) is 0 Å². The van der Waals surface area contributed by atoms with Gasteiger partial charge in [0, 0.05) is 16.7 Å². The number of aromatic hydroxyl groups is 2. The second kappa shape index (κ2) is 4.81. The summed E-state index contributed by atoms with van der Waals surface area (Å²) in [6.45, 7) is 5.74. The van der Waals surface area contributed by atoms with Crippen molar-refractivity contribution in [2.75, 3.05) is 0 Å². The van der Waals surface area contributed by atoms with Gasteiger partial charge in [-0.3, -0.25) is 0 Å². The molecule has 4 nitrogen and oxygen atoms in total. The zero-order valence-corrected chi connectivity index (χ0v) is 13.8. The number of phenols is 2. The Bertz CT molecular complexity index is 920. The van der Waals surface area contributed by atoms with Crippen LogP contribution < -0.4 is 9.47 Å². The van der Waals surface area contributed by atoms with E-state index in [1.54, 1.807) is 24.3 Å². The van der Waals surface area contributed by atoms with Crippen LogP contribution in [0, 0.1) is 6.92 Å². The van der Waals surface area contributed by atoms with Gasteiger partial charge in [0.2, 0.25) is 0 Å². The van der Waals surface area contributed by atoms with Gasteiger partial charge in [-0.15, -0.1) is 0 Å². The van der Waals surface area contributed by atoms with Crippen molar-refractivity contribution in [1.82, 2.24) is 0 Å². The number of phenolic OH excluding ortho intramolecular Hbond substituents is 2. The van der Waals surface area contributed by atoms with Crippen molar-refractivity contribution >= 4 is 18.2 Å². The maximum absolute atomic E-state index is 10.7. The summed E-state index contributed by atoms with van der Waals surface area (Å²) in [5.74, 6) is 1.72. The smallest absolute Gasteiger partial charge is 0.177 e. The third-order valence-corrected chi connectivity index (χ3v) is 4.38. The lowest BCUT2D eigenvalue weighted by Crippen LogP contribution is -2.28. The summed E-state index contributed by atoms with van der Waals surface area (Å²) in [5, 5.41) is 20.7. The summed E-state index contributed by atoms with van der Waals surface area (Å²) in [6, 6.07) is 5.08. The Morgan fingerprint density at radius 3 is 2.42 bits per heavy atom. The summed E-state index contributed by atoms with van der Waals surface area (Å²) in [6.07, 6.45) is 7.60. The van der Waals surface area contributed by atoms with Gasteiger partial charge in [0.25, 0.3) is 0 Å². The van der Waals surface area contributed by atoms with Gasteiger partial charge in [-0.1, -0.05) is 12.1 Å². The van der Waals surface area contributed by atoms with E-state index in [1.165, 1.54) is 0 Å². The van der Waals surface area contributed by atoms with Gasteiger partial charge in [0.05, 0.1) is 5.56 Å². The SMILES string of the molecule is Cc1c(O)c2c(c3c1OC(C)(C)C=C3)C=Cc1c(O)cccc1O2. The van der Waals surface area contributed by atoms with Crippen LogP contribution in [-0.4, -0.2) is 15.8 Å². The van der Waals surface area contributed by atoms with Crippen LogP contribution in [0.1, 0.15) is 36.1 Å². The fraction of sp³-hybridized carbons (Fsp3) is 0.200. The van der Waals surface area contributed by atoms with Gasteiger partial charge < -0.3 is 19.7 Å². The molecule has 2 aliphatic heterocycles. The molecule has 2 heterocycles. The van der Waals surface area contributed by atoms with E-state index in [1.807, 2.05) is 39.0 Å². The fourth-order valence-corrected chi connectivity index (χ4v) is 3.06. The molecule has 0 fully saturated rings. The first-order valence-electron chi connectivity index (χ1n) is 7.83. The lowest BCUT2D eigenvalue weighted by molar-refractivity contribution is 0.157. The Balaban J connectivity index is 1.99. The molecule has 0 saturated carbocycles. The first-order chi connectivity index (χ1) is 11.4. The van der Waals surface area contributed by atoms with Crippen molar-refractivity contribution in [2.45, 2.75) is 26.4 Å². The van der Waals surface area contributed by atoms with E-state index in [2.05, 4.69) is 0 Å². The van der Waals surface area contributed by atoms with E-state index in [0.29, 0.717) is 28.4 Å². The number of benzene rings is 2. The number of ether oxygens (including phenoxy) is 2. The molecule has 122 valence electrons. The summed E-state index contributed by atoms with van der Waals surface area (Å²) < 4.78 is 12.0. The highest BCUT2D eigenvalue weighted by atomic mass is 16.5. The van der Waals surface area contributed by atoms with Crippen molar-refractivity contribution in [3.8, 4) is 28.7 Å². The van der Waals surface area contributed by atoms with Gasteiger partial charge in [0.1, 0.15) is 22.8 Å². The van der Waals surface area contributed by atoms with Crippen molar-refractivity contribution in [1.29, 1.82) is 0 Å². The number of hydrogen-bond donors (Lipinski definition) is 2. The van der Waals surface area contributed by atoms with Gasteiger partial charge in [-0.05, 0) is 51.1 Å². The molecular formula is C20H18O4. The molecule has 24 heavy (non-hydrogen) atoms. The van der Waals surface area contributed by atoms with Crippen molar-refractivity contribution in [3.63, 3.8) is 0 Å². The Kier molecular flexibility index (Phi) is 2.94. The summed E-state index contributed by atoms with van der Waals surface area (Å²) in [7, 11) is 0. The second-order valence-electron chi connectivity index (χ2n) is 6.62. The maximum Gasteiger partial charge on any atom is 0.177 e. The molecule has 0 radical (unpaired) electrons. The Hall–Kier alpha value is -2.88. The molecule has 2 aromatic rings. The second-order valence-corrected chi connectivity index (χ2v) is 6.62. The van der Waals surface area contributed by atoms with E-state index in [-0.39, 0.29) is 11.5 Å². The minimum atomic E-state index is -0.436. The quantitative estimate of drug-likeness (QED) is 0.620. The Labute approximate surface area is 140 Å². The van der Waals surface area contributed by atoms with Crippen LogP contribution >= 0.6 is 0 Å². The molecule has 0 atom stereocenters. The largest absolute Gasteiger partial charge is 0.507 e. The average molecular weight is 322 g/mol. The molecule has 0 spiro atoms. The maximum atomic E-state index is 10.7. The molecular weight excluding hydrogens is 304 g/mol. The Morgan fingerprint density at radius 1 is 0.917 bits per heavy atom. The Morgan fingerprint density at radius 2 is 1.62 bits per heavy atom. The van der Waals surface area contributed by atoms with E-state index in [4.69, 9.17) is 9.47 Å². The molecule has 2 N–H and O–H groups in total. The molecule has 0 saturated heterocycles. The number of hydrogen-bond acceptors (Lipinski definition) is 4. The standard InChI is InChI=1S/C20H18O4/c1-11-17(22)19-12(13-9-10-20(2,3)24-18(11)13)7-8-14-15(21)5-4-6-16(14)23-19/h4-10,21-22H,1-3H3. The number of rotatable bonds is 0. The zero-order chi connectivity index (χ0) is 17.1. The van der Waals surface area contributed by atoms with Crippen LogP contribution in [0.4, 0.5) is 0 Å². The summed E-state index contributed by atoms with van der Waals surface area (Å²) in [5.41, 5.74) is 2.38. The van der Waals surface area contributed by atoms with E-state index in [0.717, 1.165) is 11.1 Å². The van der Waals surface area contributed by atoms with E-state index >= 15 is 0 Å². The summed E-state index contributed by atoms with van der Waals surface area (Å²) in [4.78, 5) is 0. The lowest BCUT2D eigenvalue weighted by atomic mass is 9.94. The monoisotopic (exact) mass is 322 g/mol. The predicted octanol–water partition coefficient (Wildman–Crippen LogP) is 4.87. The van der Waals surface area contributed by atoms with Gasteiger partial charge in [-0.2, -0.15) is 0 Å². The average Bonchev–Trinajstić information content (AvgIpc) is 2.73. The van der Waals surface area contributed by atoms with Gasteiger partial charge >= 0.3 is 0 Å². The van der Waals surface area contributed by atoms with Crippen LogP contribution in [0.25, 0.3) is 18.2 Å². The molecule has 0 aromatic heterocycles. The third-order valence-electron chi connectivity index (χ3n) is 4.38. The van der Waals surface area contributed by atoms with Crippen LogP contribution in [0.5, 0.6) is 28.7 Å². The van der Waals surface area contributed by atoms with Crippen molar-refractivity contribution in [3.05, 3.63) is 46.5 Å². The van der Waals surface area contributed by atoms with E-state index < -0.39 is 5.60 Å².